The topological polar surface area (TPSA) is 29.9 Å². The Morgan fingerprint density at radius 2 is 2.28 bits per heavy atom. The van der Waals surface area contributed by atoms with Crippen LogP contribution in [0, 0.1) is 0 Å². The first kappa shape index (κ1) is 11.8. The van der Waals surface area contributed by atoms with Gasteiger partial charge in [0, 0.05) is 22.9 Å². The van der Waals surface area contributed by atoms with Crippen molar-refractivity contribution in [3.8, 4) is 0 Å². The van der Waals surface area contributed by atoms with Crippen LogP contribution in [0.1, 0.15) is 11.3 Å². The normalized spacial score (nSPS) is 17.9. The van der Waals surface area contributed by atoms with Gasteiger partial charge in [0.1, 0.15) is 0 Å². The lowest BCUT2D eigenvalue weighted by Gasteiger charge is -2.11. The highest BCUT2D eigenvalue weighted by Crippen LogP contribution is 2.37. The summed E-state index contributed by atoms with van der Waals surface area (Å²) in [6, 6.07) is 10.8. The second-order valence-electron chi connectivity index (χ2n) is 4.59. The van der Waals surface area contributed by atoms with E-state index in [0.29, 0.717) is 5.25 Å². The minimum atomic E-state index is 0.609. The maximum atomic E-state index is 4.42. The Bertz CT molecular complexity index is 510. The summed E-state index contributed by atoms with van der Waals surface area (Å²) in [5.74, 6) is 0. The highest BCUT2D eigenvalue weighted by atomic mass is 32.2. The van der Waals surface area contributed by atoms with Crippen LogP contribution in [0.5, 0.6) is 0 Å². The molecule has 1 unspecified atom stereocenters. The first-order valence-electron chi connectivity index (χ1n) is 6.26. The third kappa shape index (κ3) is 2.31. The molecule has 0 saturated heterocycles. The van der Waals surface area contributed by atoms with Crippen molar-refractivity contribution in [1.29, 1.82) is 0 Å². The molecule has 0 radical (unpaired) electrons. The van der Waals surface area contributed by atoms with E-state index in [1.54, 1.807) is 0 Å². The van der Waals surface area contributed by atoms with E-state index in [9.17, 15) is 0 Å². The van der Waals surface area contributed by atoms with Gasteiger partial charge >= 0.3 is 0 Å². The van der Waals surface area contributed by atoms with Crippen LogP contribution in [0.15, 0.2) is 41.4 Å². The molecule has 2 heterocycles. The number of nitrogens with zero attached hydrogens (tertiary/aromatic N) is 2. The van der Waals surface area contributed by atoms with Crippen LogP contribution in [-0.4, -0.2) is 22.1 Å². The van der Waals surface area contributed by atoms with E-state index >= 15 is 0 Å². The van der Waals surface area contributed by atoms with Crippen LogP contribution >= 0.6 is 11.8 Å². The lowest BCUT2D eigenvalue weighted by atomic mass is 10.1. The van der Waals surface area contributed by atoms with Gasteiger partial charge in [-0.25, -0.2) is 0 Å². The van der Waals surface area contributed by atoms with E-state index in [1.807, 2.05) is 25.0 Å². The molecule has 4 heteroatoms. The van der Waals surface area contributed by atoms with Crippen molar-refractivity contribution in [3.63, 3.8) is 0 Å². The SMILES string of the molecule is CNCc1ccnn1CC1Cc2ccccc2S1. The third-order valence-electron chi connectivity index (χ3n) is 3.25. The molecule has 1 aromatic carbocycles. The molecule has 3 nitrogen and oxygen atoms in total. The number of nitrogens with one attached hydrogen (secondary N) is 1. The predicted molar refractivity (Wildman–Crippen MR) is 74.8 cm³/mol. The number of hydrogen-bond donors (Lipinski definition) is 1. The molecule has 1 aliphatic rings. The van der Waals surface area contributed by atoms with Crippen LogP contribution in [-0.2, 0) is 19.5 Å². The molecule has 18 heavy (non-hydrogen) atoms. The molecule has 0 amide bonds. The van der Waals surface area contributed by atoms with E-state index in [1.165, 1.54) is 16.2 Å². The zero-order chi connectivity index (χ0) is 12.4. The van der Waals surface area contributed by atoms with Crippen molar-refractivity contribution < 1.29 is 0 Å². The molecular formula is C14H17N3S. The summed E-state index contributed by atoms with van der Waals surface area (Å²) >= 11 is 1.98. The van der Waals surface area contributed by atoms with Crippen LogP contribution in [0.2, 0.25) is 0 Å². The lowest BCUT2D eigenvalue weighted by molar-refractivity contribution is 0.557. The Hall–Kier alpha value is -1.26. The standard InChI is InChI=1S/C14H17N3S/c1-15-9-12-6-7-16-17(12)10-13-8-11-4-2-3-5-14(11)18-13/h2-7,13,15H,8-10H2,1H3. The maximum absolute atomic E-state index is 4.42. The Morgan fingerprint density at radius 3 is 3.11 bits per heavy atom. The number of hydrogen-bond acceptors (Lipinski definition) is 3. The van der Waals surface area contributed by atoms with Crippen molar-refractivity contribution in [2.45, 2.75) is 29.7 Å². The van der Waals surface area contributed by atoms with E-state index in [4.69, 9.17) is 0 Å². The zero-order valence-corrected chi connectivity index (χ0v) is 11.3. The molecule has 3 rings (SSSR count). The van der Waals surface area contributed by atoms with E-state index in [0.717, 1.165) is 19.5 Å². The number of rotatable bonds is 4. The van der Waals surface area contributed by atoms with Gasteiger partial charge in [0.25, 0.3) is 0 Å². The predicted octanol–water partition coefficient (Wildman–Crippen LogP) is 2.32. The minimum Gasteiger partial charge on any atom is -0.314 e. The molecular weight excluding hydrogens is 242 g/mol. The van der Waals surface area contributed by atoms with Crippen LogP contribution in [0.25, 0.3) is 0 Å². The average molecular weight is 259 g/mol. The number of benzene rings is 1. The summed E-state index contributed by atoms with van der Waals surface area (Å²) in [6.45, 7) is 1.87. The second-order valence-corrected chi connectivity index (χ2v) is 5.93. The first-order valence-corrected chi connectivity index (χ1v) is 7.14. The quantitative estimate of drug-likeness (QED) is 0.914. The van der Waals surface area contributed by atoms with Crippen molar-refractivity contribution in [3.05, 3.63) is 47.8 Å². The Balaban J connectivity index is 1.70. The highest BCUT2D eigenvalue weighted by molar-refractivity contribution is 8.00. The summed E-state index contributed by atoms with van der Waals surface area (Å²) in [7, 11) is 1.97. The Labute approximate surface area is 112 Å². The van der Waals surface area contributed by atoms with Crippen molar-refractivity contribution in [1.82, 2.24) is 15.1 Å². The molecule has 94 valence electrons. The van der Waals surface area contributed by atoms with E-state index < -0.39 is 0 Å². The molecule has 1 aromatic heterocycles. The Morgan fingerprint density at radius 1 is 1.39 bits per heavy atom. The molecule has 2 aromatic rings. The zero-order valence-electron chi connectivity index (χ0n) is 10.5. The van der Waals surface area contributed by atoms with Crippen molar-refractivity contribution >= 4 is 11.8 Å². The summed E-state index contributed by atoms with van der Waals surface area (Å²) in [4.78, 5) is 1.44. The number of fused-ring (bicyclic) bond motifs is 1. The van der Waals surface area contributed by atoms with Gasteiger partial charge in [-0.1, -0.05) is 18.2 Å². The van der Waals surface area contributed by atoms with Gasteiger partial charge < -0.3 is 5.32 Å². The van der Waals surface area contributed by atoms with Gasteiger partial charge in [0.05, 0.1) is 12.2 Å². The second kappa shape index (κ2) is 5.16. The molecule has 0 fully saturated rings. The summed E-state index contributed by atoms with van der Waals surface area (Å²) in [5.41, 5.74) is 2.74. The van der Waals surface area contributed by atoms with Crippen molar-refractivity contribution in [2.24, 2.45) is 0 Å². The maximum Gasteiger partial charge on any atom is 0.0538 e. The first-order chi connectivity index (χ1) is 8.86. The third-order valence-corrected chi connectivity index (χ3v) is 4.55. The molecule has 1 N–H and O–H groups in total. The highest BCUT2D eigenvalue weighted by Gasteiger charge is 2.22. The minimum absolute atomic E-state index is 0.609. The van der Waals surface area contributed by atoms with E-state index in [-0.39, 0.29) is 0 Å². The number of aromatic nitrogens is 2. The molecule has 0 aliphatic carbocycles. The molecule has 0 spiro atoms. The van der Waals surface area contributed by atoms with Gasteiger partial charge in [-0.3, -0.25) is 4.68 Å². The fourth-order valence-electron chi connectivity index (χ4n) is 2.40. The van der Waals surface area contributed by atoms with Crippen molar-refractivity contribution in [2.75, 3.05) is 7.05 Å². The molecule has 0 bridgehead atoms. The van der Waals surface area contributed by atoms with Gasteiger partial charge in [-0.15, -0.1) is 11.8 Å². The van der Waals surface area contributed by atoms with Gasteiger partial charge in [0.15, 0.2) is 0 Å². The van der Waals surface area contributed by atoms with Crippen LogP contribution < -0.4 is 5.32 Å². The van der Waals surface area contributed by atoms with E-state index in [2.05, 4.69) is 45.4 Å². The largest absolute Gasteiger partial charge is 0.314 e. The van der Waals surface area contributed by atoms with Crippen LogP contribution in [0.3, 0.4) is 0 Å². The lowest BCUT2D eigenvalue weighted by Crippen LogP contribution is -2.18. The van der Waals surface area contributed by atoms with Crippen LogP contribution in [0.4, 0.5) is 0 Å². The summed E-state index contributed by atoms with van der Waals surface area (Å²) in [6.07, 6.45) is 3.04. The monoisotopic (exact) mass is 259 g/mol. The molecule has 1 atom stereocenters. The van der Waals surface area contributed by atoms with Gasteiger partial charge in [-0.05, 0) is 31.2 Å². The summed E-state index contributed by atoms with van der Waals surface area (Å²) < 4.78 is 2.13. The Kier molecular flexibility index (Phi) is 3.39. The number of thioether (sulfide) groups is 1. The van der Waals surface area contributed by atoms with Gasteiger partial charge in [0.2, 0.25) is 0 Å². The average Bonchev–Trinajstić information content (AvgIpc) is 2.97. The smallest absolute Gasteiger partial charge is 0.0538 e. The van der Waals surface area contributed by atoms with Gasteiger partial charge in [-0.2, -0.15) is 5.10 Å². The fourth-order valence-corrected chi connectivity index (χ4v) is 3.70. The summed E-state index contributed by atoms with van der Waals surface area (Å²) in [5, 5.41) is 8.22. The molecule has 0 saturated carbocycles. The molecule has 1 aliphatic heterocycles. The fraction of sp³-hybridized carbons (Fsp3) is 0.357.